The highest BCUT2D eigenvalue weighted by Crippen LogP contribution is 2.45. The monoisotopic (exact) mass is 944 g/mol. The van der Waals surface area contributed by atoms with Crippen molar-refractivity contribution in [3.05, 3.63) is 97.2 Å². The Kier molecular flexibility index (Phi) is 40.6. The Labute approximate surface area is 382 Å². The lowest BCUT2D eigenvalue weighted by molar-refractivity contribution is -0.148. The SMILES string of the molecule is CC/C=C/C=C/C=C\C=C/CCCCCC(=O)OCC(O)COP(=O)(O)OCC(O)COP(=O)(O)OCC(O)COC(=O)CCCCC/C=C\C/C=C\C/C=C\C/C=C\CCCCC. The van der Waals surface area contributed by atoms with E-state index in [0.29, 0.717) is 12.8 Å². The summed E-state index contributed by atoms with van der Waals surface area (Å²) in [6.07, 6.45) is 44.1. The highest BCUT2D eigenvalue weighted by Gasteiger charge is 2.28. The van der Waals surface area contributed by atoms with Crippen molar-refractivity contribution in [3.8, 4) is 0 Å². The lowest BCUT2D eigenvalue weighted by Gasteiger charge is -2.19. The summed E-state index contributed by atoms with van der Waals surface area (Å²) in [7, 11) is -9.60. The van der Waals surface area contributed by atoms with Gasteiger partial charge in [-0.05, 0) is 77.0 Å². The zero-order chi connectivity index (χ0) is 47.4. The second-order valence-corrected chi connectivity index (χ2v) is 17.7. The third-order valence-corrected chi connectivity index (χ3v) is 10.5. The topological polar surface area (TPSA) is 225 Å². The fourth-order valence-corrected chi connectivity index (χ4v) is 6.68. The van der Waals surface area contributed by atoms with Crippen LogP contribution in [0, 0.1) is 0 Å². The number of carbonyl (C=O) groups is 2. The Balaban J connectivity index is 4.00. The summed E-state index contributed by atoms with van der Waals surface area (Å²) in [4.78, 5) is 43.6. The summed E-state index contributed by atoms with van der Waals surface area (Å²) in [5, 5.41) is 30.0. The van der Waals surface area contributed by atoms with Gasteiger partial charge in [0.2, 0.25) is 0 Å². The van der Waals surface area contributed by atoms with Crippen LogP contribution < -0.4 is 0 Å². The van der Waals surface area contributed by atoms with Gasteiger partial charge in [-0.1, -0.05) is 137 Å². The van der Waals surface area contributed by atoms with Crippen LogP contribution in [0.4, 0.5) is 0 Å². The summed E-state index contributed by atoms with van der Waals surface area (Å²) < 4.78 is 52.8. The summed E-state index contributed by atoms with van der Waals surface area (Å²) in [5.74, 6) is -1.07. The molecule has 0 saturated carbocycles. The molecule has 5 unspecified atom stereocenters. The molecule has 64 heavy (non-hydrogen) atoms. The van der Waals surface area contributed by atoms with Gasteiger partial charge in [0.25, 0.3) is 0 Å². The fourth-order valence-electron chi connectivity index (χ4n) is 5.09. The maximum Gasteiger partial charge on any atom is 0.472 e. The van der Waals surface area contributed by atoms with E-state index in [1.54, 1.807) is 0 Å². The maximum absolute atomic E-state index is 12.1. The number of hydrogen-bond donors (Lipinski definition) is 5. The predicted molar refractivity (Wildman–Crippen MR) is 251 cm³/mol. The number of rotatable bonds is 42. The molecular formula is C47H78O15P2. The van der Waals surface area contributed by atoms with Crippen molar-refractivity contribution < 1.29 is 71.4 Å². The number of aliphatic hydroxyl groups is 3. The van der Waals surface area contributed by atoms with Gasteiger partial charge in [0.05, 0.1) is 26.4 Å². The van der Waals surface area contributed by atoms with Crippen LogP contribution in [0.5, 0.6) is 0 Å². The van der Waals surface area contributed by atoms with Gasteiger partial charge in [-0.15, -0.1) is 0 Å². The van der Waals surface area contributed by atoms with Crippen LogP contribution in [-0.4, -0.2) is 95.0 Å². The highest BCUT2D eigenvalue weighted by atomic mass is 31.2. The molecule has 15 nitrogen and oxygen atoms in total. The Morgan fingerprint density at radius 3 is 1.19 bits per heavy atom. The first-order valence-corrected chi connectivity index (χ1v) is 25.6. The summed E-state index contributed by atoms with van der Waals surface area (Å²) in [6.45, 7) is 0.118. The quantitative estimate of drug-likeness (QED) is 0.0126. The molecule has 0 aliphatic heterocycles. The minimum atomic E-state index is -4.80. The first kappa shape index (κ1) is 61.0. The van der Waals surface area contributed by atoms with Crippen LogP contribution in [0.25, 0.3) is 0 Å². The van der Waals surface area contributed by atoms with Crippen LogP contribution >= 0.6 is 15.6 Å². The van der Waals surface area contributed by atoms with Crippen molar-refractivity contribution in [3.63, 3.8) is 0 Å². The Hall–Kier alpha value is -3.04. The van der Waals surface area contributed by atoms with Crippen LogP contribution in [0.2, 0.25) is 0 Å². The van der Waals surface area contributed by atoms with Crippen LogP contribution in [0.15, 0.2) is 97.2 Å². The normalized spacial score (nSPS) is 16.0. The molecule has 0 saturated heterocycles. The van der Waals surface area contributed by atoms with Crippen molar-refractivity contribution >= 4 is 27.6 Å². The maximum atomic E-state index is 12.1. The van der Waals surface area contributed by atoms with Crippen molar-refractivity contribution in [2.24, 2.45) is 0 Å². The van der Waals surface area contributed by atoms with Gasteiger partial charge in [0, 0.05) is 12.8 Å². The number of ether oxygens (including phenoxy) is 2. The third kappa shape index (κ3) is 44.2. The number of unbranched alkanes of at least 4 members (excludes halogenated alkanes) is 9. The molecule has 0 aromatic heterocycles. The molecule has 0 fully saturated rings. The van der Waals surface area contributed by atoms with Crippen molar-refractivity contribution in [1.29, 1.82) is 0 Å². The molecule has 0 spiro atoms. The third-order valence-electron chi connectivity index (χ3n) is 8.62. The fraction of sp³-hybridized carbons (Fsp3) is 0.617. The smallest absolute Gasteiger partial charge is 0.463 e. The number of esters is 2. The molecule has 0 bridgehead atoms. The minimum Gasteiger partial charge on any atom is -0.463 e. The molecule has 5 N–H and O–H groups in total. The first-order valence-electron chi connectivity index (χ1n) is 22.6. The van der Waals surface area contributed by atoms with Crippen LogP contribution in [0.3, 0.4) is 0 Å². The number of allylic oxidation sites excluding steroid dienone is 16. The van der Waals surface area contributed by atoms with E-state index in [1.165, 1.54) is 19.3 Å². The van der Waals surface area contributed by atoms with Gasteiger partial charge in [0.1, 0.15) is 31.5 Å². The molecule has 366 valence electrons. The average molecular weight is 945 g/mol. The Morgan fingerprint density at radius 2 is 0.781 bits per heavy atom. The largest absolute Gasteiger partial charge is 0.472 e. The van der Waals surface area contributed by atoms with Crippen molar-refractivity contribution in [2.75, 3.05) is 39.6 Å². The van der Waals surface area contributed by atoms with E-state index in [0.717, 1.165) is 70.6 Å². The molecule has 0 heterocycles. The standard InChI is InChI=1S/C47H78O15P2/c1-3-5-7-9-11-13-15-17-18-19-20-21-22-24-26-28-30-32-34-36-47(52)58-38-44(49)40-60-64(55,56)62-42-45(50)41-61-63(53,54)59-39-43(48)37-57-46(51)35-33-31-29-27-25-23-16-14-12-10-8-6-4-2/h6,8,10-14,16-18,20-21,23-26,43-45,48-50H,3-5,7,9,15,19,22,27-42H2,1-2H3,(H,53,54)(H,55,56)/b8-6+,12-10+,13-11-,16-14-,18-17-,21-20-,25-23-,26-24-. The van der Waals surface area contributed by atoms with Gasteiger partial charge in [-0.3, -0.25) is 27.7 Å². The summed E-state index contributed by atoms with van der Waals surface area (Å²) in [6, 6.07) is 0. The molecule has 0 aromatic rings. The lowest BCUT2D eigenvalue weighted by atomic mass is 10.1. The molecule has 0 amide bonds. The average Bonchev–Trinajstić information content (AvgIpc) is 3.27. The first-order chi connectivity index (χ1) is 30.8. The molecule has 17 heteroatoms. The van der Waals surface area contributed by atoms with E-state index >= 15 is 0 Å². The van der Waals surface area contributed by atoms with Crippen LogP contribution in [0.1, 0.15) is 129 Å². The summed E-state index contributed by atoms with van der Waals surface area (Å²) in [5.41, 5.74) is 0. The molecule has 0 radical (unpaired) electrons. The number of phosphoric ester groups is 2. The van der Waals surface area contributed by atoms with Gasteiger partial charge < -0.3 is 34.6 Å². The second kappa shape index (κ2) is 42.6. The van der Waals surface area contributed by atoms with E-state index in [1.807, 2.05) is 42.5 Å². The van der Waals surface area contributed by atoms with Gasteiger partial charge in [0.15, 0.2) is 0 Å². The Bertz CT molecular complexity index is 1520. The lowest BCUT2D eigenvalue weighted by Crippen LogP contribution is -2.25. The van der Waals surface area contributed by atoms with Gasteiger partial charge in [-0.25, -0.2) is 9.13 Å². The molecule has 0 aromatic carbocycles. The molecule has 0 aliphatic rings. The molecular weight excluding hydrogens is 866 g/mol. The number of aliphatic hydroxyl groups excluding tert-OH is 3. The van der Waals surface area contributed by atoms with Gasteiger partial charge >= 0.3 is 27.6 Å². The molecule has 0 aliphatic carbocycles. The van der Waals surface area contributed by atoms with E-state index in [-0.39, 0.29) is 12.8 Å². The number of phosphoric acid groups is 2. The molecule has 5 atom stereocenters. The zero-order valence-electron chi connectivity index (χ0n) is 38.2. The molecule has 0 rings (SSSR count). The second-order valence-electron chi connectivity index (χ2n) is 14.8. The van der Waals surface area contributed by atoms with E-state index in [9.17, 15) is 43.8 Å². The van der Waals surface area contributed by atoms with E-state index in [4.69, 9.17) is 9.47 Å². The van der Waals surface area contributed by atoms with E-state index < -0.39 is 85.5 Å². The number of hydrogen-bond acceptors (Lipinski definition) is 13. The van der Waals surface area contributed by atoms with Crippen LogP contribution in [-0.2, 0) is 46.3 Å². The van der Waals surface area contributed by atoms with Gasteiger partial charge in [-0.2, -0.15) is 0 Å². The minimum absolute atomic E-state index is 0.145. The van der Waals surface area contributed by atoms with E-state index in [2.05, 4.69) is 86.6 Å². The predicted octanol–water partition coefficient (Wildman–Crippen LogP) is 9.93. The van der Waals surface area contributed by atoms with Crippen molar-refractivity contribution in [2.45, 2.75) is 148 Å². The highest BCUT2D eigenvalue weighted by molar-refractivity contribution is 7.47. The summed E-state index contributed by atoms with van der Waals surface area (Å²) >= 11 is 0. The number of carbonyl (C=O) groups excluding carboxylic acids is 2. The van der Waals surface area contributed by atoms with Crippen molar-refractivity contribution in [1.82, 2.24) is 0 Å². The Morgan fingerprint density at radius 1 is 0.438 bits per heavy atom. The zero-order valence-corrected chi connectivity index (χ0v) is 39.9.